The van der Waals surface area contributed by atoms with Gasteiger partial charge in [0, 0.05) is 50.8 Å². The van der Waals surface area contributed by atoms with E-state index >= 15 is 0 Å². The number of hydrogen-bond acceptors (Lipinski definition) is 6. The summed E-state index contributed by atoms with van der Waals surface area (Å²) in [5, 5.41) is 15.5. The number of imidazole rings is 2. The summed E-state index contributed by atoms with van der Waals surface area (Å²) in [4.78, 5) is 25.8. The van der Waals surface area contributed by atoms with Crippen molar-refractivity contribution in [3.63, 3.8) is 0 Å². The quantitative estimate of drug-likeness (QED) is 0.273. The fourth-order valence-electron chi connectivity index (χ4n) is 7.42. The van der Waals surface area contributed by atoms with Crippen LogP contribution in [-0.4, -0.2) is 72.9 Å². The number of ether oxygens (including phenoxy) is 1. The molecule has 7 rings (SSSR count). The molecule has 2 N–H and O–H groups in total. The zero-order valence-corrected chi connectivity index (χ0v) is 25.9. The van der Waals surface area contributed by atoms with Gasteiger partial charge in [-0.25, -0.2) is 9.97 Å². The molecule has 232 valence electrons. The molecule has 2 aliphatic carbocycles. The standard InChI is InChI=1S/C35H44N6O3/c1-24-38-29-20-28(13-14-30(29)39(24)2)44-19-15-27-22-36-17-18-40(27)34(42)32-33(26-8-4-3-5-9-26)41(23-37-32)31-10-6-7-16-35(31,43)21-25-11-12-25/h3-5,8-9,13-14,20,23,25,27,31,36,43H,6-7,10-12,15-19,21-22H2,1-2H3/t27-,31-,35-/m1/s1. The molecule has 3 atom stereocenters. The van der Waals surface area contributed by atoms with E-state index in [1.54, 1.807) is 0 Å². The summed E-state index contributed by atoms with van der Waals surface area (Å²) < 4.78 is 10.4. The van der Waals surface area contributed by atoms with Gasteiger partial charge in [0.25, 0.3) is 5.91 Å². The first kappa shape index (κ1) is 29.0. The Morgan fingerprint density at radius 3 is 2.80 bits per heavy atom. The van der Waals surface area contributed by atoms with E-state index in [9.17, 15) is 9.90 Å². The molecule has 1 aliphatic heterocycles. The van der Waals surface area contributed by atoms with Crippen LogP contribution >= 0.6 is 0 Å². The smallest absolute Gasteiger partial charge is 0.275 e. The Hall–Kier alpha value is -3.69. The Morgan fingerprint density at radius 1 is 1.14 bits per heavy atom. The fraction of sp³-hybridized carbons (Fsp3) is 0.514. The molecule has 1 saturated heterocycles. The van der Waals surface area contributed by atoms with Gasteiger partial charge in [0.15, 0.2) is 5.69 Å². The third kappa shape index (κ3) is 5.63. The van der Waals surface area contributed by atoms with Crippen LogP contribution in [0, 0.1) is 12.8 Å². The third-order valence-electron chi connectivity index (χ3n) is 10.1. The molecule has 3 fully saturated rings. The van der Waals surface area contributed by atoms with Crippen molar-refractivity contribution in [2.75, 3.05) is 26.2 Å². The minimum atomic E-state index is -0.768. The molecule has 1 amide bonds. The zero-order chi connectivity index (χ0) is 30.3. The number of carbonyl (C=O) groups excluding carboxylic acids is 1. The van der Waals surface area contributed by atoms with Crippen molar-refractivity contribution >= 4 is 16.9 Å². The summed E-state index contributed by atoms with van der Waals surface area (Å²) in [5.41, 5.74) is 3.49. The predicted molar refractivity (Wildman–Crippen MR) is 171 cm³/mol. The Kier molecular flexibility index (Phi) is 7.93. The summed E-state index contributed by atoms with van der Waals surface area (Å²) >= 11 is 0. The minimum Gasteiger partial charge on any atom is -0.493 e. The summed E-state index contributed by atoms with van der Waals surface area (Å²) in [6.45, 7) is 4.54. The second kappa shape index (κ2) is 12.0. The van der Waals surface area contributed by atoms with Crippen molar-refractivity contribution < 1.29 is 14.6 Å². The number of aliphatic hydroxyl groups is 1. The average molecular weight is 597 g/mol. The summed E-state index contributed by atoms with van der Waals surface area (Å²) in [5.74, 6) is 2.31. The minimum absolute atomic E-state index is 0.0210. The molecular weight excluding hydrogens is 552 g/mol. The van der Waals surface area contributed by atoms with Crippen LogP contribution in [0.1, 0.15) is 73.7 Å². The van der Waals surface area contributed by atoms with E-state index in [4.69, 9.17) is 9.72 Å². The maximum atomic E-state index is 14.4. The van der Waals surface area contributed by atoms with Crippen LogP contribution in [0.15, 0.2) is 54.9 Å². The van der Waals surface area contributed by atoms with Crippen LogP contribution in [0.25, 0.3) is 22.3 Å². The highest BCUT2D eigenvalue weighted by Gasteiger charge is 2.45. The van der Waals surface area contributed by atoms with Crippen LogP contribution in [-0.2, 0) is 7.05 Å². The zero-order valence-electron chi connectivity index (χ0n) is 25.9. The second-order valence-corrected chi connectivity index (χ2v) is 13.1. The molecule has 3 aliphatic rings. The van der Waals surface area contributed by atoms with Crippen molar-refractivity contribution in [2.45, 2.75) is 76.0 Å². The Morgan fingerprint density at radius 2 is 1.98 bits per heavy atom. The topological polar surface area (TPSA) is 97.4 Å². The van der Waals surface area contributed by atoms with E-state index in [1.165, 1.54) is 12.8 Å². The molecule has 2 aromatic heterocycles. The van der Waals surface area contributed by atoms with Crippen LogP contribution in [0.2, 0.25) is 0 Å². The lowest BCUT2D eigenvalue weighted by atomic mass is 9.76. The lowest BCUT2D eigenvalue weighted by Gasteiger charge is -2.42. The normalized spacial score (nSPS) is 24.1. The fourth-order valence-corrected chi connectivity index (χ4v) is 7.42. The molecule has 4 aromatic rings. The average Bonchev–Trinajstić information content (AvgIpc) is 3.66. The monoisotopic (exact) mass is 596 g/mol. The summed E-state index contributed by atoms with van der Waals surface area (Å²) in [6.07, 6.45) is 9.57. The van der Waals surface area contributed by atoms with Gasteiger partial charge in [0.05, 0.1) is 41.3 Å². The SMILES string of the molecule is Cc1nc2cc(OCC[C@@H]3CNCCN3C(=O)c3ncn([C@@H]4CCCC[C@@]4(O)CC4CC4)c3-c3ccccc3)ccc2n1C. The van der Waals surface area contributed by atoms with Crippen LogP contribution in [0.3, 0.4) is 0 Å². The number of carbonyl (C=O) groups is 1. The molecule has 0 unspecified atom stereocenters. The summed E-state index contributed by atoms with van der Waals surface area (Å²) in [7, 11) is 2.02. The van der Waals surface area contributed by atoms with Gasteiger partial charge in [-0.15, -0.1) is 0 Å². The van der Waals surface area contributed by atoms with E-state index in [-0.39, 0.29) is 18.0 Å². The van der Waals surface area contributed by atoms with Gasteiger partial charge in [0.1, 0.15) is 11.6 Å². The highest BCUT2D eigenvalue weighted by Crippen LogP contribution is 2.48. The molecule has 0 spiro atoms. The molecule has 2 aromatic carbocycles. The third-order valence-corrected chi connectivity index (χ3v) is 10.1. The maximum Gasteiger partial charge on any atom is 0.275 e. The highest BCUT2D eigenvalue weighted by molar-refractivity contribution is 5.98. The Bertz CT molecular complexity index is 1630. The van der Waals surface area contributed by atoms with Gasteiger partial charge >= 0.3 is 0 Å². The molecule has 44 heavy (non-hydrogen) atoms. The first-order valence-electron chi connectivity index (χ1n) is 16.3. The second-order valence-electron chi connectivity index (χ2n) is 13.1. The number of fused-ring (bicyclic) bond motifs is 1. The van der Waals surface area contributed by atoms with E-state index < -0.39 is 5.60 Å². The number of aryl methyl sites for hydroxylation is 2. The van der Waals surface area contributed by atoms with Crippen molar-refractivity contribution in [3.05, 3.63) is 66.4 Å². The van der Waals surface area contributed by atoms with E-state index in [1.807, 2.05) is 61.6 Å². The first-order chi connectivity index (χ1) is 21.4. The van der Waals surface area contributed by atoms with Gasteiger partial charge in [0.2, 0.25) is 0 Å². The van der Waals surface area contributed by atoms with Crippen molar-refractivity contribution in [1.82, 2.24) is 29.3 Å². The van der Waals surface area contributed by atoms with E-state index in [0.29, 0.717) is 37.7 Å². The largest absolute Gasteiger partial charge is 0.493 e. The van der Waals surface area contributed by atoms with Gasteiger partial charge in [-0.3, -0.25) is 4.79 Å². The number of nitrogens with one attached hydrogen (secondary N) is 1. The van der Waals surface area contributed by atoms with Crippen molar-refractivity contribution in [1.29, 1.82) is 0 Å². The van der Waals surface area contributed by atoms with Gasteiger partial charge in [-0.1, -0.05) is 56.0 Å². The van der Waals surface area contributed by atoms with Crippen molar-refractivity contribution in [3.8, 4) is 17.0 Å². The maximum absolute atomic E-state index is 14.4. The van der Waals surface area contributed by atoms with Crippen molar-refractivity contribution in [2.24, 2.45) is 13.0 Å². The molecule has 0 bridgehead atoms. The number of piperazine rings is 1. The highest BCUT2D eigenvalue weighted by atomic mass is 16.5. The number of amides is 1. The van der Waals surface area contributed by atoms with Gasteiger partial charge in [-0.05, 0) is 44.2 Å². The van der Waals surface area contributed by atoms with Gasteiger partial charge < -0.3 is 29.2 Å². The van der Waals surface area contributed by atoms with Gasteiger partial charge in [-0.2, -0.15) is 0 Å². The molecule has 9 nitrogen and oxygen atoms in total. The Balaban J connectivity index is 1.13. The van der Waals surface area contributed by atoms with E-state index in [2.05, 4.69) is 31.6 Å². The summed E-state index contributed by atoms with van der Waals surface area (Å²) in [6, 6.07) is 16.0. The lowest BCUT2D eigenvalue weighted by molar-refractivity contribution is -0.0518. The number of rotatable bonds is 9. The molecule has 9 heteroatoms. The number of aromatic nitrogens is 4. The van der Waals surface area contributed by atoms with E-state index in [0.717, 1.165) is 72.5 Å². The lowest BCUT2D eigenvalue weighted by Crippen LogP contribution is -2.54. The number of nitrogens with zero attached hydrogens (tertiary/aromatic N) is 5. The molecule has 3 heterocycles. The molecule has 0 radical (unpaired) electrons. The predicted octanol–water partition coefficient (Wildman–Crippen LogP) is 5.27. The number of benzene rings is 2. The van der Waals surface area contributed by atoms with Crippen LogP contribution in [0.5, 0.6) is 5.75 Å². The molecular formula is C35H44N6O3. The van der Waals surface area contributed by atoms with Crippen LogP contribution < -0.4 is 10.1 Å². The van der Waals surface area contributed by atoms with Crippen LogP contribution in [0.4, 0.5) is 0 Å². The Labute approximate surface area is 259 Å². The molecule has 2 saturated carbocycles. The number of hydrogen-bond donors (Lipinski definition) is 2. The first-order valence-corrected chi connectivity index (χ1v) is 16.3.